The van der Waals surface area contributed by atoms with Crippen LogP contribution in [0.25, 0.3) is 0 Å². The smallest absolute Gasteiger partial charge is 0.122 e. The van der Waals surface area contributed by atoms with E-state index < -0.39 is 0 Å². The van der Waals surface area contributed by atoms with Crippen LogP contribution >= 0.6 is 0 Å². The minimum absolute atomic E-state index is 0.739. The van der Waals surface area contributed by atoms with Crippen molar-refractivity contribution in [1.29, 1.82) is 0 Å². The van der Waals surface area contributed by atoms with Crippen LogP contribution in [0.4, 0.5) is 0 Å². The third-order valence-corrected chi connectivity index (χ3v) is 4.46. The monoisotopic (exact) mass is 260 g/mol. The van der Waals surface area contributed by atoms with Gasteiger partial charge < -0.3 is 10.1 Å². The lowest BCUT2D eigenvalue weighted by atomic mass is 9.79. The van der Waals surface area contributed by atoms with E-state index in [-0.39, 0.29) is 0 Å². The van der Waals surface area contributed by atoms with Gasteiger partial charge in [-0.3, -0.25) is 4.90 Å². The first-order valence-corrected chi connectivity index (χ1v) is 7.46. The predicted molar refractivity (Wildman–Crippen MR) is 77.7 cm³/mol. The third-order valence-electron chi connectivity index (χ3n) is 4.46. The molecule has 1 N–H and O–H groups in total. The highest BCUT2D eigenvalue weighted by Crippen LogP contribution is 2.41. The van der Waals surface area contributed by atoms with Crippen LogP contribution < -0.4 is 10.1 Å². The first-order chi connectivity index (χ1) is 9.36. The molecular weight excluding hydrogens is 236 g/mol. The molecule has 2 aliphatic rings. The Labute approximate surface area is 115 Å². The van der Waals surface area contributed by atoms with Crippen LogP contribution in [0.15, 0.2) is 18.2 Å². The molecule has 0 radical (unpaired) electrons. The summed E-state index contributed by atoms with van der Waals surface area (Å²) in [6.45, 7) is 5.55. The zero-order chi connectivity index (χ0) is 13.1. The van der Waals surface area contributed by atoms with Crippen molar-refractivity contribution in [2.24, 2.45) is 0 Å². The van der Waals surface area contributed by atoms with Crippen LogP contribution in [0, 0.1) is 0 Å². The minimum Gasteiger partial charge on any atom is -0.496 e. The summed E-state index contributed by atoms with van der Waals surface area (Å²) in [5.74, 6) is 1.83. The molecule has 1 saturated carbocycles. The first kappa shape index (κ1) is 12.9. The van der Waals surface area contributed by atoms with E-state index in [9.17, 15) is 0 Å². The van der Waals surface area contributed by atoms with Crippen molar-refractivity contribution in [2.45, 2.75) is 31.7 Å². The maximum absolute atomic E-state index is 5.60. The molecule has 3 nitrogen and oxygen atoms in total. The molecule has 1 aliphatic heterocycles. The average Bonchev–Trinajstić information content (AvgIpc) is 2.39. The van der Waals surface area contributed by atoms with Crippen molar-refractivity contribution in [3.05, 3.63) is 29.3 Å². The van der Waals surface area contributed by atoms with Gasteiger partial charge in [0.2, 0.25) is 0 Å². The Balaban J connectivity index is 1.71. The maximum atomic E-state index is 5.60. The Bertz CT molecular complexity index is 423. The summed E-state index contributed by atoms with van der Waals surface area (Å²) in [7, 11) is 1.80. The Kier molecular flexibility index (Phi) is 4.04. The molecule has 0 amide bonds. The zero-order valence-corrected chi connectivity index (χ0v) is 11.8. The molecule has 0 aromatic heterocycles. The summed E-state index contributed by atoms with van der Waals surface area (Å²) in [4.78, 5) is 2.51. The topological polar surface area (TPSA) is 24.5 Å². The van der Waals surface area contributed by atoms with E-state index in [0.29, 0.717) is 0 Å². The second-order valence-corrected chi connectivity index (χ2v) is 5.73. The number of nitrogens with one attached hydrogen (secondary N) is 1. The third kappa shape index (κ3) is 2.93. The molecule has 3 rings (SSSR count). The fourth-order valence-electron chi connectivity index (χ4n) is 3.04. The second-order valence-electron chi connectivity index (χ2n) is 5.73. The summed E-state index contributed by atoms with van der Waals surface area (Å²) >= 11 is 0. The van der Waals surface area contributed by atoms with E-state index in [4.69, 9.17) is 4.74 Å². The molecule has 0 unspecified atom stereocenters. The van der Waals surface area contributed by atoms with Gasteiger partial charge >= 0.3 is 0 Å². The largest absolute Gasteiger partial charge is 0.496 e. The van der Waals surface area contributed by atoms with Crippen molar-refractivity contribution >= 4 is 0 Å². The average molecular weight is 260 g/mol. The van der Waals surface area contributed by atoms with Gasteiger partial charge in [-0.15, -0.1) is 0 Å². The molecule has 1 aromatic rings. The van der Waals surface area contributed by atoms with E-state index >= 15 is 0 Å². The standard InChI is InChI=1S/C16H24N2O/c1-19-16-11-13(12-18-9-7-17-8-10-18)5-6-15(16)14-3-2-4-14/h5-6,11,14,17H,2-4,7-10,12H2,1H3. The molecule has 19 heavy (non-hydrogen) atoms. The molecule has 1 heterocycles. The summed E-state index contributed by atoms with van der Waals surface area (Å²) in [6.07, 6.45) is 4.03. The lowest BCUT2D eigenvalue weighted by molar-refractivity contribution is 0.233. The van der Waals surface area contributed by atoms with Gasteiger partial charge in [-0.05, 0) is 36.0 Å². The Morgan fingerprint density at radius 1 is 1.26 bits per heavy atom. The molecule has 0 atom stereocenters. The summed E-state index contributed by atoms with van der Waals surface area (Å²) in [5.41, 5.74) is 2.79. The molecule has 0 spiro atoms. The summed E-state index contributed by atoms with van der Waals surface area (Å²) in [5, 5.41) is 3.40. The van der Waals surface area contributed by atoms with Crippen LogP contribution in [0.2, 0.25) is 0 Å². The summed E-state index contributed by atoms with van der Waals surface area (Å²) < 4.78 is 5.60. The second kappa shape index (κ2) is 5.93. The molecule has 1 aliphatic carbocycles. The highest BCUT2D eigenvalue weighted by molar-refractivity contribution is 5.40. The molecular formula is C16H24N2O. The predicted octanol–water partition coefficient (Wildman–Crippen LogP) is 2.37. The lowest BCUT2D eigenvalue weighted by Crippen LogP contribution is -2.42. The zero-order valence-electron chi connectivity index (χ0n) is 11.8. The van der Waals surface area contributed by atoms with Crippen LogP contribution in [0.5, 0.6) is 5.75 Å². The van der Waals surface area contributed by atoms with Crippen molar-refractivity contribution in [2.75, 3.05) is 33.3 Å². The molecule has 3 heteroatoms. The number of hydrogen-bond acceptors (Lipinski definition) is 3. The number of ether oxygens (including phenoxy) is 1. The first-order valence-electron chi connectivity index (χ1n) is 7.46. The van der Waals surface area contributed by atoms with Gasteiger partial charge in [0.15, 0.2) is 0 Å². The number of nitrogens with zero attached hydrogens (tertiary/aromatic N) is 1. The van der Waals surface area contributed by atoms with E-state index in [2.05, 4.69) is 28.4 Å². The quantitative estimate of drug-likeness (QED) is 0.899. The van der Waals surface area contributed by atoms with Crippen LogP contribution in [-0.4, -0.2) is 38.2 Å². The van der Waals surface area contributed by atoms with Gasteiger partial charge in [-0.2, -0.15) is 0 Å². The Morgan fingerprint density at radius 3 is 2.68 bits per heavy atom. The van der Waals surface area contributed by atoms with Crippen molar-refractivity contribution in [3.8, 4) is 5.75 Å². The number of piperazine rings is 1. The van der Waals surface area contributed by atoms with Crippen LogP contribution in [0.1, 0.15) is 36.3 Å². The fraction of sp³-hybridized carbons (Fsp3) is 0.625. The number of rotatable bonds is 4. The SMILES string of the molecule is COc1cc(CN2CCNCC2)ccc1C1CCC1. The normalized spacial score (nSPS) is 21.1. The van der Waals surface area contributed by atoms with Gasteiger partial charge in [0.05, 0.1) is 7.11 Å². The van der Waals surface area contributed by atoms with Gasteiger partial charge in [0.1, 0.15) is 5.75 Å². The van der Waals surface area contributed by atoms with E-state index in [1.165, 1.54) is 30.4 Å². The Morgan fingerprint density at radius 2 is 2.05 bits per heavy atom. The highest BCUT2D eigenvalue weighted by Gasteiger charge is 2.23. The van der Waals surface area contributed by atoms with Gasteiger partial charge in [-0.25, -0.2) is 0 Å². The molecule has 0 bridgehead atoms. The lowest BCUT2D eigenvalue weighted by Gasteiger charge is -2.29. The highest BCUT2D eigenvalue weighted by atomic mass is 16.5. The van der Waals surface area contributed by atoms with E-state index in [1.54, 1.807) is 7.11 Å². The number of hydrogen-bond donors (Lipinski definition) is 1. The molecule has 104 valence electrons. The van der Waals surface area contributed by atoms with Gasteiger partial charge in [0, 0.05) is 32.7 Å². The minimum atomic E-state index is 0.739. The number of methoxy groups -OCH3 is 1. The van der Waals surface area contributed by atoms with Crippen molar-refractivity contribution < 1.29 is 4.74 Å². The molecule has 1 saturated heterocycles. The van der Waals surface area contributed by atoms with E-state index in [0.717, 1.165) is 44.4 Å². The van der Waals surface area contributed by atoms with Gasteiger partial charge in [0.25, 0.3) is 0 Å². The van der Waals surface area contributed by atoms with Crippen LogP contribution in [-0.2, 0) is 6.54 Å². The van der Waals surface area contributed by atoms with Crippen molar-refractivity contribution in [3.63, 3.8) is 0 Å². The van der Waals surface area contributed by atoms with Gasteiger partial charge in [-0.1, -0.05) is 18.6 Å². The molecule has 1 aromatic carbocycles. The van der Waals surface area contributed by atoms with Crippen molar-refractivity contribution in [1.82, 2.24) is 10.2 Å². The maximum Gasteiger partial charge on any atom is 0.122 e. The van der Waals surface area contributed by atoms with Crippen LogP contribution in [0.3, 0.4) is 0 Å². The molecule has 2 fully saturated rings. The summed E-state index contributed by atoms with van der Waals surface area (Å²) in [6, 6.07) is 6.83. The van der Waals surface area contributed by atoms with E-state index in [1.807, 2.05) is 0 Å². The fourth-order valence-corrected chi connectivity index (χ4v) is 3.04. The Hall–Kier alpha value is -1.06. The number of benzene rings is 1.